The van der Waals surface area contributed by atoms with Gasteiger partial charge in [0.25, 0.3) is 0 Å². The summed E-state index contributed by atoms with van der Waals surface area (Å²) in [6.07, 6.45) is 8.37. The van der Waals surface area contributed by atoms with Crippen LogP contribution in [0.3, 0.4) is 0 Å². The third-order valence-electron chi connectivity index (χ3n) is 8.84. The van der Waals surface area contributed by atoms with Crippen LogP contribution in [0.25, 0.3) is 10.9 Å². The lowest BCUT2D eigenvalue weighted by molar-refractivity contribution is -0.153. The first-order chi connectivity index (χ1) is 16.5. The number of hydrogen-bond donors (Lipinski definition) is 2. The minimum Gasteiger partial charge on any atom is -0.390 e. The van der Waals surface area contributed by atoms with Crippen molar-refractivity contribution in [3.8, 4) is 0 Å². The number of carbonyl (C=O) groups is 1. The first-order valence-electron chi connectivity index (χ1n) is 12.8. The SMILES string of the molecule is Cc1nc(N2CCC(C(=O)NC34C[C@@H]5C[C@H](CC(O)(C5)C3)C4)CC2)nc2cc(S(C)(=O)=O)ccc12. The van der Waals surface area contributed by atoms with Crippen molar-refractivity contribution in [1.82, 2.24) is 15.3 Å². The number of aliphatic hydroxyl groups is 1. The molecule has 1 saturated heterocycles. The Morgan fingerprint density at radius 2 is 1.80 bits per heavy atom. The molecule has 9 heteroatoms. The van der Waals surface area contributed by atoms with Crippen molar-refractivity contribution in [2.75, 3.05) is 24.2 Å². The van der Waals surface area contributed by atoms with Gasteiger partial charge in [-0.1, -0.05) is 0 Å². The topological polar surface area (TPSA) is 112 Å². The molecular formula is C26H34N4O4S. The monoisotopic (exact) mass is 498 g/mol. The number of nitrogens with one attached hydrogen (secondary N) is 1. The van der Waals surface area contributed by atoms with Crippen LogP contribution in [0.2, 0.25) is 0 Å². The number of carbonyl (C=O) groups excluding carboxylic acids is 1. The van der Waals surface area contributed by atoms with Crippen molar-refractivity contribution in [1.29, 1.82) is 0 Å². The molecule has 7 rings (SSSR count). The van der Waals surface area contributed by atoms with Gasteiger partial charge in [-0.25, -0.2) is 18.4 Å². The number of benzene rings is 1. The normalized spacial score (nSPS) is 32.8. The van der Waals surface area contributed by atoms with E-state index >= 15 is 0 Å². The maximum absolute atomic E-state index is 13.3. The van der Waals surface area contributed by atoms with Crippen LogP contribution in [-0.2, 0) is 14.6 Å². The number of anilines is 1. The molecule has 5 fully saturated rings. The van der Waals surface area contributed by atoms with Crippen LogP contribution in [0.1, 0.15) is 57.1 Å². The van der Waals surface area contributed by atoms with Gasteiger partial charge in [-0.2, -0.15) is 0 Å². The number of aromatic nitrogens is 2. The van der Waals surface area contributed by atoms with Gasteiger partial charge in [0.2, 0.25) is 11.9 Å². The molecule has 5 aliphatic rings. The second-order valence-electron chi connectivity index (χ2n) is 11.8. The van der Waals surface area contributed by atoms with Crippen molar-refractivity contribution in [2.24, 2.45) is 17.8 Å². The summed E-state index contributed by atoms with van der Waals surface area (Å²) in [5, 5.41) is 15.3. The molecule has 2 atom stereocenters. The van der Waals surface area contributed by atoms with E-state index in [0.717, 1.165) is 49.6 Å². The summed E-state index contributed by atoms with van der Waals surface area (Å²) in [5.41, 5.74) is 0.631. The van der Waals surface area contributed by atoms with E-state index < -0.39 is 15.4 Å². The van der Waals surface area contributed by atoms with Crippen LogP contribution in [0.15, 0.2) is 23.1 Å². The van der Waals surface area contributed by atoms with Crippen molar-refractivity contribution < 1.29 is 18.3 Å². The number of rotatable bonds is 4. The first kappa shape index (κ1) is 23.2. The minimum absolute atomic E-state index is 0.0488. The van der Waals surface area contributed by atoms with Crippen LogP contribution in [0, 0.1) is 24.7 Å². The summed E-state index contributed by atoms with van der Waals surface area (Å²) in [7, 11) is -3.32. The Labute approximate surface area is 206 Å². The third-order valence-corrected chi connectivity index (χ3v) is 9.95. The Morgan fingerprint density at radius 3 is 2.43 bits per heavy atom. The molecule has 0 unspecified atom stereocenters. The lowest BCUT2D eigenvalue weighted by Gasteiger charge is -2.60. The molecule has 1 aromatic heterocycles. The fourth-order valence-electron chi connectivity index (χ4n) is 7.69. The summed E-state index contributed by atoms with van der Waals surface area (Å²) in [6.45, 7) is 3.27. The maximum atomic E-state index is 13.3. The van der Waals surface area contributed by atoms with E-state index in [-0.39, 0.29) is 22.3 Å². The number of sulfone groups is 1. The first-order valence-corrected chi connectivity index (χ1v) is 14.7. The van der Waals surface area contributed by atoms with Gasteiger partial charge < -0.3 is 15.3 Å². The van der Waals surface area contributed by atoms with E-state index in [0.29, 0.717) is 42.8 Å². The molecule has 4 bridgehead atoms. The van der Waals surface area contributed by atoms with Gasteiger partial charge in [-0.3, -0.25) is 4.79 Å². The summed E-state index contributed by atoms with van der Waals surface area (Å²) in [4.78, 5) is 25.0. The molecular weight excluding hydrogens is 464 g/mol. The number of fused-ring (bicyclic) bond motifs is 1. The van der Waals surface area contributed by atoms with Gasteiger partial charge in [0.1, 0.15) is 0 Å². The average molecular weight is 499 g/mol. The fourth-order valence-corrected chi connectivity index (χ4v) is 8.33. The lowest BCUT2D eigenvalue weighted by atomic mass is 9.51. The molecule has 4 saturated carbocycles. The molecule has 2 heterocycles. The third kappa shape index (κ3) is 4.20. The second-order valence-corrected chi connectivity index (χ2v) is 13.8. The van der Waals surface area contributed by atoms with Crippen molar-refractivity contribution >= 4 is 32.6 Å². The van der Waals surface area contributed by atoms with Gasteiger partial charge in [-0.05, 0) is 88.3 Å². The molecule has 4 aliphatic carbocycles. The Balaban J connectivity index is 1.14. The average Bonchev–Trinajstić information content (AvgIpc) is 2.76. The van der Waals surface area contributed by atoms with E-state index in [9.17, 15) is 18.3 Å². The van der Waals surface area contributed by atoms with Gasteiger partial charge in [0.05, 0.1) is 21.7 Å². The number of piperidine rings is 1. The maximum Gasteiger partial charge on any atom is 0.226 e. The summed E-state index contributed by atoms with van der Waals surface area (Å²) >= 11 is 0. The minimum atomic E-state index is -3.32. The van der Waals surface area contributed by atoms with Gasteiger partial charge >= 0.3 is 0 Å². The zero-order valence-electron chi connectivity index (χ0n) is 20.5. The van der Waals surface area contributed by atoms with E-state index in [4.69, 9.17) is 0 Å². The highest BCUT2D eigenvalue weighted by molar-refractivity contribution is 7.90. The summed E-state index contributed by atoms with van der Waals surface area (Å²) in [6, 6.07) is 4.98. The molecule has 2 N–H and O–H groups in total. The smallest absolute Gasteiger partial charge is 0.226 e. The number of aryl methyl sites for hydroxylation is 1. The van der Waals surface area contributed by atoms with Crippen LogP contribution in [-0.4, -0.2) is 59.9 Å². The van der Waals surface area contributed by atoms with Crippen molar-refractivity contribution in [3.63, 3.8) is 0 Å². The molecule has 0 spiro atoms. The van der Waals surface area contributed by atoms with Crippen LogP contribution in [0.5, 0.6) is 0 Å². The summed E-state index contributed by atoms with van der Waals surface area (Å²) < 4.78 is 24.0. The number of hydrogen-bond acceptors (Lipinski definition) is 7. The van der Waals surface area contributed by atoms with E-state index in [1.54, 1.807) is 18.2 Å². The highest BCUT2D eigenvalue weighted by atomic mass is 32.2. The molecule has 2 aromatic rings. The van der Waals surface area contributed by atoms with Gasteiger partial charge in [0.15, 0.2) is 9.84 Å². The Morgan fingerprint density at radius 1 is 1.11 bits per heavy atom. The van der Waals surface area contributed by atoms with Gasteiger partial charge in [0, 0.05) is 36.2 Å². The zero-order chi connectivity index (χ0) is 24.6. The van der Waals surface area contributed by atoms with Crippen molar-refractivity contribution in [2.45, 2.75) is 74.3 Å². The van der Waals surface area contributed by atoms with E-state index in [1.807, 2.05) is 6.92 Å². The lowest BCUT2D eigenvalue weighted by Crippen LogP contribution is -2.66. The molecule has 1 aliphatic heterocycles. The molecule has 188 valence electrons. The standard InChI is InChI=1S/C26H34N4O4S/c1-16-21-4-3-20(35(2,33)34)10-22(21)28-24(27-16)30-7-5-19(6-8-30)23(31)29-25-11-17-9-18(12-25)14-26(32,13-17)15-25/h3-4,10,17-19,32H,5-9,11-15H2,1-2H3,(H,29,31)/t17-,18-,25?,26?/m0/s1. The summed E-state index contributed by atoms with van der Waals surface area (Å²) in [5.74, 6) is 1.75. The molecule has 1 amide bonds. The van der Waals surface area contributed by atoms with Crippen LogP contribution < -0.4 is 10.2 Å². The number of nitrogens with zero attached hydrogens (tertiary/aromatic N) is 3. The highest BCUT2D eigenvalue weighted by Gasteiger charge is 2.57. The molecule has 0 radical (unpaired) electrons. The molecule has 1 aromatic carbocycles. The second kappa shape index (κ2) is 7.87. The quantitative estimate of drug-likeness (QED) is 0.667. The highest BCUT2D eigenvalue weighted by Crippen LogP contribution is 2.57. The predicted octanol–water partition coefficient (Wildman–Crippen LogP) is 2.76. The zero-order valence-corrected chi connectivity index (χ0v) is 21.3. The van der Waals surface area contributed by atoms with E-state index in [1.165, 1.54) is 12.7 Å². The Kier molecular flexibility index (Phi) is 5.21. The largest absolute Gasteiger partial charge is 0.390 e. The van der Waals surface area contributed by atoms with Crippen LogP contribution in [0.4, 0.5) is 5.95 Å². The Bertz CT molecular complexity index is 1290. The predicted molar refractivity (Wildman–Crippen MR) is 133 cm³/mol. The van der Waals surface area contributed by atoms with Crippen LogP contribution >= 0.6 is 0 Å². The molecule has 8 nitrogen and oxygen atoms in total. The van der Waals surface area contributed by atoms with E-state index in [2.05, 4.69) is 20.2 Å². The van der Waals surface area contributed by atoms with Crippen molar-refractivity contribution in [3.05, 3.63) is 23.9 Å². The molecule has 35 heavy (non-hydrogen) atoms. The Hall–Kier alpha value is -2.26. The van der Waals surface area contributed by atoms with Gasteiger partial charge in [-0.15, -0.1) is 0 Å². The fraction of sp³-hybridized carbons (Fsp3) is 0.654. The number of amides is 1.